The molecule has 0 aromatic heterocycles. The molecule has 1 saturated heterocycles. The van der Waals surface area contributed by atoms with Crippen molar-refractivity contribution in [1.82, 2.24) is 4.90 Å². The fraction of sp³-hybridized carbons (Fsp3) is 0.714. The minimum atomic E-state index is -4.50. The summed E-state index contributed by atoms with van der Waals surface area (Å²) < 4.78 is 62.9. The van der Waals surface area contributed by atoms with Crippen LogP contribution in [0.2, 0.25) is 0 Å². The van der Waals surface area contributed by atoms with Gasteiger partial charge in [-0.1, -0.05) is 19.3 Å². The Morgan fingerprint density at radius 1 is 1.00 bits per heavy atom. The van der Waals surface area contributed by atoms with Gasteiger partial charge in [0.05, 0.1) is 10.5 Å². The summed E-state index contributed by atoms with van der Waals surface area (Å²) in [6, 6.07) is 2.75. The van der Waals surface area contributed by atoms with Gasteiger partial charge in [0.15, 0.2) is 0 Å². The van der Waals surface area contributed by atoms with Gasteiger partial charge in [0, 0.05) is 0 Å². The molecule has 1 aromatic carbocycles. The van der Waals surface area contributed by atoms with E-state index in [0.717, 1.165) is 50.4 Å². The molecule has 2 fully saturated rings. The molecular formula is C21H31F3N2O2S. The zero-order valence-corrected chi connectivity index (χ0v) is 17.6. The van der Waals surface area contributed by atoms with E-state index >= 15 is 0 Å². The maximum absolute atomic E-state index is 13.1. The third-order valence-electron chi connectivity index (χ3n) is 6.47. The molecule has 164 valence electrons. The highest BCUT2D eigenvalue weighted by molar-refractivity contribution is 7.89. The lowest BCUT2D eigenvalue weighted by Gasteiger charge is -2.32. The number of hydrogen-bond acceptors (Lipinski definition) is 3. The molecule has 1 aliphatic heterocycles. The predicted octanol–water partition coefficient (Wildman–Crippen LogP) is 4.58. The number of sulfonamides is 1. The fourth-order valence-corrected chi connectivity index (χ4v) is 5.54. The van der Waals surface area contributed by atoms with Crippen molar-refractivity contribution in [3.63, 3.8) is 0 Å². The van der Waals surface area contributed by atoms with Crippen LogP contribution in [0.15, 0.2) is 23.1 Å². The van der Waals surface area contributed by atoms with Crippen molar-refractivity contribution in [3.8, 4) is 0 Å². The maximum Gasteiger partial charge on any atom is 0.416 e. The zero-order valence-electron chi connectivity index (χ0n) is 16.8. The number of halogens is 3. The van der Waals surface area contributed by atoms with Gasteiger partial charge in [-0.3, -0.25) is 0 Å². The first-order valence-electron chi connectivity index (χ1n) is 10.6. The SMILES string of the molecule is NS(=O)(=O)c1ccc(C(F)(F)F)cc1CC1CCC(CCN2CCCCC2)CC1. The van der Waals surface area contributed by atoms with Gasteiger partial charge in [-0.15, -0.1) is 0 Å². The number of alkyl halides is 3. The van der Waals surface area contributed by atoms with E-state index in [4.69, 9.17) is 5.14 Å². The number of rotatable bonds is 6. The quantitative estimate of drug-likeness (QED) is 0.716. The number of primary sulfonamides is 1. The van der Waals surface area contributed by atoms with Crippen LogP contribution >= 0.6 is 0 Å². The molecule has 1 heterocycles. The Morgan fingerprint density at radius 2 is 1.62 bits per heavy atom. The van der Waals surface area contributed by atoms with Crippen molar-refractivity contribution < 1.29 is 21.6 Å². The van der Waals surface area contributed by atoms with E-state index in [1.54, 1.807) is 0 Å². The Labute approximate surface area is 171 Å². The van der Waals surface area contributed by atoms with E-state index in [-0.39, 0.29) is 16.4 Å². The van der Waals surface area contributed by atoms with Crippen LogP contribution in [0.4, 0.5) is 13.2 Å². The number of piperidine rings is 1. The average Bonchev–Trinajstić information content (AvgIpc) is 2.67. The lowest BCUT2D eigenvalue weighted by atomic mass is 9.78. The molecule has 0 radical (unpaired) electrons. The summed E-state index contributed by atoms with van der Waals surface area (Å²) in [5.41, 5.74) is -0.630. The number of likely N-dealkylation sites (tertiary alicyclic amines) is 1. The lowest BCUT2D eigenvalue weighted by Crippen LogP contribution is -2.32. The first-order valence-corrected chi connectivity index (χ1v) is 12.1. The second kappa shape index (κ2) is 9.35. The van der Waals surface area contributed by atoms with Gasteiger partial charge >= 0.3 is 6.18 Å². The molecule has 2 N–H and O–H groups in total. The van der Waals surface area contributed by atoms with Gasteiger partial charge in [0.1, 0.15) is 0 Å². The largest absolute Gasteiger partial charge is 0.416 e. The Balaban J connectivity index is 1.59. The summed E-state index contributed by atoms with van der Waals surface area (Å²) in [7, 11) is -4.05. The molecule has 0 bridgehead atoms. The molecule has 29 heavy (non-hydrogen) atoms. The molecule has 0 spiro atoms. The van der Waals surface area contributed by atoms with Crippen LogP contribution in [-0.4, -0.2) is 33.0 Å². The maximum atomic E-state index is 13.1. The van der Waals surface area contributed by atoms with E-state index in [2.05, 4.69) is 4.90 Å². The number of hydrogen-bond donors (Lipinski definition) is 1. The predicted molar refractivity (Wildman–Crippen MR) is 107 cm³/mol. The molecule has 1 aliphatic carbocycles. The van der Waals surface area contributed by atoms with Crippen molar-refractivity contribution in [2.45, 2.75) is 68.9 Å². The van der Waals surface area contributed by atoms with Gasteiger partial charge in [-0.05, 0) is 93.8 Å². The number of nitrogens with zero attached hydrogens (tertiary/aromatic N) is 1. The first-order chi connectivity index (χ1) is 13.6. The van der Waals surface area contributed by atoms with E-state index in [1.807, 2.05) is 0 Å². The summed E-state index contributed by atoms with van der Waals surface area (Å²) in [5, 5.41) is 5.24. The summed E-state index contributed by atoms with van der Waals surface area (Å²) in [4.78, 5) is 2.36. The molecule has 2 aliphatic rings. The van der Waals surface area contributed by atoms with Crippen LogP contribution in [0.1, 0.15) is 62.5 Å². The second-order valence-electron chi connectivity index (χ2n) is 8.65. The van der Waals surface area contributed by atoms with Crippen molar-refractivity contribution in [2.24, 2.45) is 17.0 Å². The highest BCUT2D eigenvalue weighted by atomic mass is 32.2. The van der Waals surface area contributed by atoms with Crippen LogP contribution in [0.5, 0.6) is 0 Å². The van der Waals surface area contributed by atoms with Crippen LogP contribution < -0.4 is 5.14 Å². The third kappa shape index (κ3) is 6.43. The average molecular weight is 433 g/mol. The first kappa shape index (κ1) is 22.6. The van der Waals surface area contributed by atoms with E-state index < -0.39 is 21.8 Å². The molecule has 0 unspecified atom stereocenters. The molecule has 0 atom stereocenters. The van der Waals surface area contributed by atoms with Crippen LogP contribution in [0, 0.1) is 11.8 Å². The second-order valence-corrected chi connectivity index (χ2v) is 10.2. The molecular weight excluding hydrogens is 401 g/mol. The molecule has 1 saturated carbocycles. The van der Waals surface area contributed by atoms with Crippen molar-refractivity contribution in [3.05, 3.63) is 29.3 Å². The van der Waals surface area contributed by atoms with E-state index in [1.165, 1.54) is 38.8 Å². The van der Waals surface area contributed by atoms with Crippen molar-refractivity contribution in [1.29, 1.82) is 0 Å². The summed E-state index contributed by atoms with van der Waals surface area (Å²) in [6.45, 7) is 3.53. The summed E-state index contributed by atoms with van der Waals surface area (Å²) in [5.74, 6) is 0.859. The van der Waals surface area contributed by atoms with E-state index in [9.17, 15) is 21.6 Å². The topological polar surface area (TPSA) is 63.4 Å². The fourth-order valence-electron chi connectivity index (χ4n) is 4.78. The third-order valence-corrected chi connectivity index (χ3v) is 7.48. The van der Waals surface area contributed by atoms with Crippen molar-refractivity contribution >= 4 is 10.0 Å². The van der Waals surface area contributed by atoms with Crippen molar-refractivity contribution in [2.75, 3.05) is 19.6 Å². The summed E-state index contributed by atoms with van der Waals surface area (Å²) in [6.07, 6.45) is 4.87. The minimum absolute atomic E-state index is 0.183. The summed E-state index contributed by atoms with van der Waals surface area (Å²) >= 11 is 0. The van der Waals surface area contributed by atoms with Gasteiger partial charge < -0.3 is 4.90 Å². The zero-order chi connectivity index (χ0) is 21.1. The Hall–Kier alpha value is -1.12. The highest BCUT2D eigenvalue weighted by Gasteiger charge is 2.32. The Kier molecular flexibility index (Phi) is 7.27. The normalized spacial score (nSPS) is 24.6. The standard InChI is InChI=1S/C21H31F3N2O2S/c22-21(23,24)19-8-9-20(29(25,27)28)18(15-19)14-17-6-4-16(5-7-17)10-13-26-11-2-1-3-12-26/h8-9,15-17H,1-7,10-14H2,(H2,25,27,28). The monoisotopic (exact) mass is 432 g/mol. The van der Waals surface area contributed by atoms with Gasteiger partial charge in [0.2, 0.25) is 10.0 Å². The van der Waals surface area contributed by atoms with Crippen LogP contribution in [0.3, 0.4) is 0 Å². The molecule has 1 aromatic rings. The number of benzene rings is 1. The number of nitrogens with two attached hydrogens (primary N) is 1. The molecule has 0 amide bonds. The minimum Gasteiger partial charge on any atom is -0.303 e. The Bertz CT molecular complexity index is 782. The lowest BCUT2D eigenvalue weighted by molar-refractivity contribution is -0.137. The van der Waals surface area contributed by atoms with E-state index in [0.29, 0.717) is 12.3 Å². The van der Waals surface area contributed by atoms with Gasteiger partial charge in [0.25, 0.3) is 0 Å². The molecule has 3 rings (SSSR count). The molecule has 4 nitrogen and oxygen atoms in total. The van der Waals surface area contributed by atoms with Gasteiger partial charge in [-0.25, -0.2) is 13.6 Å². The molecule has 8 heteroatoms. The van der Waals surface area contributed by atoms with Crippen LogP contribution in [0.25, 0.3) is 0 Å². The highest BCUT2D eigenvalue weighted by Crippen LogP contribution is 2.36. The Morgan fingerprint density at radius 3 is 2.21 bits per heavy atom. The smallest absolute Gasteiger partial charge is 0.303 e. The van der Waals surface area contributed by atoms with Gasteiger partial charge in [-0.2, -0.15) is 13.2 Å². The van der Waals surface area contributed by atoms with Crippen LogP contribution in [-0.2, 0) is 22.6 Å².